The molecule has 8 heteroatoms. The lowest BCUT2D eigenvalue weighted by atomic mass is 9.99. The number of halogens is 3. The molecule has 0 amide bonds. The maximum atomic E-state index is 13.4. The molecule has 0 spiro atoms. The van der Waals surface area contributed by atoms with Crippen molar-refractivity contribution in [2.45, 2.75) is 24.3 Å². The van der Waals surface area contributed by atoms with Gasteiger partial charge in [-0.15, -0.1) is 0 Å². The van der Waals surface area contributed by atoms with Crippen molar-refractivity contribution in [2.75, 3.05) is 0 Å². The molecule has 1 aliphatic carbocycles. The van der Waals surface area contributed by atoms with Crippen LogP contribution in [0.25, 0.3) is 0 Å². The summed E-state index contributed by atoms with van der Waals surface area (Å²) in [6.07, 6.45) is -1.78. The lowest BCUT2D eigenvalue weighted by Crippen LogP contribution is -2.52. The van der Waals surface area contributed by atoms with Crippen molar-refractivity contribution in [3.8, 4) is 11.5 Å². The van der Waals surface area contributed by atoms with Gasteiger partial charge in [0.2, 0.25) is 4.75 Å². The van der Waals surface area contributed by atoms with E-state index >= 15 is 0 Å². The van der Waals surface area contributed by atoms with E-state index in [9.17, 15) is 26.7 Å². The fourth-order valence-electron chi connectivity index (χ4n) is 2.12. The van der Waals surface area contributed by atoms with Crippen LogP contribution in [-0.2, 0) is 10.1 Å². The zero-order valence-electron chi connectivity index (χ0n) is 11.5. The highest BCUT2D eigenvalue weighted by molar-refractivity contribution is 7.88. The van der Waals surface area contributed by atoms with E-state index in [2.05, 4.69) is 4.18 Å². The van der Waals surface area contributed by atoms with Crippen molar-refractivity contribution in [3.63, 3.8) is 0 Å². The van der Waals surface area contributed by atoms with E-state index in [-0.39, 0.29) is 11.5 Å². The molecule has 1 N–H and O–H groups in total. The number of alkyl halides is 3. The summed E-state index contributed by atoms with van der Waals surface area (Å²) in [6.45, 7) is 1.54. The van der Waals surface area contributed by atoms with E-state index in [0.717, 1.165) is 18.2 Å². The van der Waals surface area contributed by atoms with Crippen LogP contribution in [0.15, 0.2) is 42.5 Å². The topological polar surface area (TPSA) is 63.6 Å². The summed E-state index contributed by atoms with van der Waals surface area (Å²) >= 11 is 0. The Labute approximate surface area is 125 Å². The molecule has 0 fully saturated rings. The number of allylic oxidation sites excluding steroid dienone is 3. The van der Waals surface area contributed by atoms with Gasteiger partial charge in [-0.25, -0.2) is 0 Å². The monoisotopic (exact) mass is 334 g/mol. The minimum Gasteiger partial charge on any atom is -0.508 e. The molecule has 1 aliphatic rings. The first-order valence-corrected chi connectivity index (χ1v) is 7.64. The van der Waals surface area contributed by atoms with Crippen LogP contribution >= 0.6 is 0 Å². The van der Waals surface area contributed by atoms with Crippen LogP contribution in [0.4, 0.5) is 13.2 Å². The van der Waals surface area contributed by atoms with Gasteiger partial charge in [-0.1, -0.05) is 24.3 Å². The molecule has 0 saturated heterocycles. The summed E-state index contributed by atoms with van der Waals surface area (Å²) in [5, 5.41) is 9.40. The average molecular weight is 334 g/mol. The maximum Gasteiger partial charge on any atom is 0.415 e. The number of rotatable bonds is 3. The molecule has 0 saturated carbocycles. The molecule has 0 aliphatic heterocycles. The van der Waals surface area contributed by atoms with Crippen LogP contribution < -0.4 is 4.18 Å². The molecule has 1 aromatic carbocycles. The van der Waals surface area contributed by atoms with Crippen LogP contribution in [0.5, 0.6) is 11.5 Å². The number of hydrogen-bond donors (Lipinski definition) is 1. The number of benzene rings is 1. The largest absolute Gasteiger partial charge is 0.508 e. The smallest absolute Gasteiger partial charge is 0.415 e. The van der Waals surface area contributed by atoms with E-state index in [1.807, 2.05) is 0 Å². The van der Waals surface area contributed by atoms with Crippen molar-refractivity contribution in [3.05, 3.63) is 48.1 Å². The van der Waals surface area contributed by atoms with Crippen molar-refractivity contribution in [1.82, 2.24) is 0 Å². The Morgan fingerprint density at radius 3 is 2.41 bits per heavy atom. The normalized spacial score (nSPS) is 21.8. The fraction of sp³-hybridized carbons (Fsp3) is 0.286. The Morgan fingerprint density at radius 1 is 1.23 bits per heavy atom. The van der Waals surface area contributed by atoms with E-state index in [1.165, 1.54) is 18.2 Å². The van der Waals surface area contributed by atoms with Crippen molar-refractivity contribution in [2.24, 2.45) is 0 Å². The molecule has 4 nitrogen and oxygen atoms in total. The summed E-state index contributed by atoms with van der Waals surface area (Å²) < 4.78 is 66.0. The highest BCUT2D eigenvalue weighted by atomic mass is 32.2. The number of aryl methyl sites for hydroxylation is 1. The molecular formula is C14H13F3O4S. The first-order chi connectivity index (χ1) is 10.1. The number of aromatic hydroxyl groups is 1. The molecule has 1 unspecified atom stereocenters. The van der Waals surface area contributed by atoms with Gasteiger partial charge in [0.1, 0.15) is 11.5 Å². The first kappa shape index (κ1) is 16.4. The summed E-state index contributed by atoms with van der Waals surface area (Å²) in [6, 6.07) is 3.49. The Hall–Kier alpha value is -1.96. The zero-order chi connectivity index (χ0) is 16.6. The lowest BCUT2D eigenvalue weighted by Gasteiger charge is -2.31. The minimum absolute atomic E-state index is 0.301. The zero-order valence-corrected chi connectivity index (χ0v) is 12.3. The second kappa shape index (κ2) is 5.35. The molecule has 22 heavy (non-hydrogen) atoms. The van der Waals surface area contributed by atoms with Gasteiger partial charge in [0.05, 0.1) is 0 Å². The van der Waals surface area contributed by atoms with E-state index in [1.54, 1.807) is 6.92 Å². The molecule has 0 aromatic heterocycles. The van der Waals surface area contributed by atoms with Gasteiger partial charge < -0.3 is 9.29 Å². The maximum absolute atomic E-state index is 13.4. The Kier molecular flexibility index (Phi) is 3.99. The van der Waals surface area contributed by atoms with E-state index < -0.39 is 27.5 Å². The Bertz CT molecular complexity index is 715. The Morgan fingerprint density at radius 2 is 1.91 bits per heavy atom. The van der Waals surface area contributed by atoms with Crippen molar-refractivity contribution >= 4 is 10.1 Å². The summed E-state index contributed by atoms with van der Waals surface area (Å²) in [4.78, 5) is 0. The highest BCUT2D eigenvalue weighted by Gasteiger charge is 2.63. The molecule has 2 rings (SSSR count). The molecule has 120 valence electrons. The van der Waals surface area contributed by atoms with E-state index in [0.29, 0.717) is 11.6 Å². The predicted octanol–water partition coefficient (Wildman–Crippen LogP) is 3.23. The molecule has 0 heterocycles. The lowest BCUT2D eigenvalue weighted by molar-refractivity contribution is -0.150. The third-order valence-electron chi connectivity index (χ3n) is 3.20. The van der Waals surface area contributed by atoms with Crippen LogP contribution in [0, 0.1) is 6.92 Å². The third-order valence-corrected chi connectivity index (χ3v) is 5.04. The summed E-state index contributed by atoms with van der Waals surface area (Å²) in [7, 11) is -5.06. The van der Waals surface area contributed by atoms with Crippen molar-refractivity contribution in [1.29, 1.82) is 0 Å². The van der Waals surface area contributed by atoms with Gasteiger partial charge in [0.25, 0.3) is 0 Å². The number of hydrogen-bond acceptors (Lipinski definition) is 4. The van der Waals surface area contributed by atoms with Gasteiger partial charge >= 0.3 is 16.3 Å². The molecular weight excluding hydrogens is 321 g/mol. The van der Waals surface area contributed by atoms with Gasteiger partial charge in [-0.05, 0) is 24.6 Å². The van der Waals surface area contributed by atoms with Crippen LogP contribution in [-0.4, -0.2) is 24.4 Å². The minimum atomic E-state index is -5.06. The van der Waals surface area contributed by atoms with Crippen LogP contribution in [0.2, 0.25) is 0 Å². The van der Waals surface area contributed by atoms with Gasteiger partial charge in [-0.2, -0.15) is 21.6 Å². The fourth-order valence-corrected chi connectivity index (χ4v) is 3.44. The highest BCUT2D eigenvalue weighted by Crippen LogP contribution is 2.44. The molecule has 0 radical (unpaired) electrons. The number of phenols is 1. The first-order valence-electron chi connectivity index (χ1n) is 6.23. The number of phenolic OH excluding ortho intramolecular Hbond substituents is 1. The second-order valence-electron chi connectivity index (χ2n) is 4.92. The summed E-state index contributed by atoms with van der Waals surface area (Å²) in [5.41, 5.74) is 0.449. The van der Waals surface area contributed by atoms with Gasteiger partial charge in [0, 0.05) is 12.5 Å². The van der Waals surface area contributed by atoms with Gasteiger partial charge in [0.15, 0.2) is 0 Å². The Balaban J connectivity index is 2.47. The van der Waals surface area contributed by atoms with Crippen LogP contribution in [0.3, 0.4) is 0 Å². The standard InChI is InChI=1S/C14H13F3O4S/c1-10-7-11(18)9-12(8-10)21-22(19,20)13(14(15,16)17)5-3-2-4-6-13/h2-5,7-9,18H,6H2,1H3. The van der Waals surface area contributed by atoms with E-state index in [4.69, 9.17) is 0 Å². The molecule has 1 atom stereocenters. The quantitative estimate of drug-likeness (QED) is 0.862. The third kappa shape index (κ3) is 2.83. The second-order valence-corrected chi connectivity index (χ2v) is 6.72. The predicted molar refractivity (Wildman–Crippen MR) is 74.1 cm³/mol. The van der Waals surface area contributed by atoms with Gasteiger partial charge in [-0.3, -0.25) is 0 Å². The average Bonchev–Trinajstić information content (AvgIpc) is 2.36. The molecule has 1 aromatic rings. The summed E-state index contributed by atoms with van der Waals surface area (Å²) in [5.74, 6) is -0.672. The van der Waals surface area contributed by atoms with Crippen molar-refractivity contribution < 1.29 is 30.9 Å². The van der Waals surface area contributed by atoms with Crippen LogP contribution in [0.1, 0.15) is 12.0 Å². The molecule has 0 bridgehead atoms. The SMILES string of the molecule is Cc1cc(O)cc(OS(=O)(=O)C2(C(F)(F)F)C=CC=CC2)c1.